The molecule has 0 aliphatic rings. The highest BCUT2D eigenvalue weighted by molar-refractivity contribution is 7.47. The fourth-order valence-electron chi connectivity index (χ4n) is 10.2. The molecule has 0 aromatic rings. The third-order valence-corrected chi connectivity index (χ3v) is 18.0. The van der Waals surface area contributed by atoms with Crippen LogP contribution in [0.2, 0.25) is 0 Å². The van der Waals surface area contributed by atoms with Gasteiger partial charge in [-0.2, -0.15) is 0 Å². The Kier molecular flexibility index (Phi) is 71.0. The minimum absolute atomic E-state index is 0.0345. The van der Waals surface area contributed by atoms with Crippen LogP contribution in [0.3, 0.4) is 0 Å². The second-order valence-electron chi connectivity index (χ2n) is 25.9. The van der Waals surface area contributed by atoms with Gasteiger partial charge < -0.3 is 33.8 Å². The average molecular weight is 1470 g/mol. The van der Waals surface area contributed by atoms with Gasteiger partial charge in [0.1, 0.15) is 19.3 Å². The standard InChI is InChI=1S/C83H140O17P2/c1-5-9-13-17-21-25-29-33-36-37-38-39-42-45-48-52-56-60-64-68-81(86)94-73-78(99-82(87)69-65-61-57-53-49-43-32-28-24-20-16-12-8-4)75-97-101(89,90)95-71-77(84)72-96-102(91,92)98-76-79(100-83(88)70-66-62-58-54-50-46-41-35-31-27-23-19-15-11-7-3)74-93-80(85)67-63-59-55-51-47-44-40-34-30-26-22-18-14-10-6-2/h9-10,13-14,21-22,25-26,33-36,38-41,45,47-48,51,56,60,77-79,84H,5-8,11-12,15-20,23-24,27-32,37,42-44,46,49-50,52-55,57-59,61-76H2,1-4H3,(H,89,90)(H,91,92)/b13-9-,14-10-,25-21-,26-22-,36-33-,39-38-,40-34-,41-35-,48-45-,51-47-,60-56-. The van der Waals surface area contributed by atoms with Gasteiger partial charge in [0, 0.05) is 25.7 Å². The molecule has 3 N–H and O–H groups in total. The van der Waals surface area contributed by atoms with Crippen molar-refractivity contribution < 1.29 is 80.2 Å². The van der Waals surface area contributed by atoms with E-state index in [-0.39, 0.29) is 25.7 Å². The summed E-state index contributed by atoms with van der Waals surface area (Å²) in [6, 6.07) is 0. The molecule has 5 unspecified atom stereocenters. The lowest BCUT2D eigenvalue weighted by Crippen LogP contribution is -2.30. The van der Waals surface area contributed by atoms with Crippen LogP contribution in [0, 0.1) is 0 Å². The summed E-state index contributed by atoms with van der Waals surface area (Å²) in [5.74, 6) is -2.33. The van der Waals surface area contributed by atoms with Crippen LogP contribution in [0.5, 0.6) is 0 Å². The number of unbranched alkanes of at least 4 members (excludes halogenated alkanes) is 25. The van der Waals surface area contributed by atoms with Crippen LogP contribution in [0.4, 0.5) is 0 Å². The summed E-state index contributed by atoms with van der Waals surface area (Å²) >= 11 is 0. The van der Waals surface area contributed by atoms with E-state index in [1.54, 1.807) is 0 Å². The van der Waals surface area contributed by atoms with Crippen molar-refractivity contribution in [2.24, 2.45) is 0 Å². The Morgan fingerprint density at radius 1 is 0.284 bits per heavy atom. The van der Waals surface area contributed by atoms with Gasteiger partial charge in [-0.1, -0.05) is 290 Å². The smallest absolute Gasteiger partial charge is 0.462 e. The van der Waals surface area contributed by atoms with E-state index >= 15 is 0 Å². The van der Waals surface area contributed by atoms with Crippen molar-refractivity contribution in [3.63, 3.8) is 0 Å². The number of ether oxygens (including phenoxy) is 4. The number of hydrogen-bond acceptors (Lipinski definition) is 15. The molecule has 0 rings (SSSR count). The van der Waals surface area contributed by atoms with Crippen molar-refractivity contribution in [3.05, 3.63) is 134 Å². The largest absolute Gasteiger partial charge is 0.472 e. The molecule has 0 amide bonds. The van der Waals surface area contributed by atoms with Crippen LogP contribution in [0.1, 0.15) is 310 Å². The quantitative estimate of drug-likeness (QED) is 0.0169. The predicted molar refractivity (Wildman–Crippen MR) is 418 cm³/mol. The summed E-state index contributed by atoms with van der Waals surface area (Å²) in [5.41, 5.74) is 0. The lowest BCUT2D eigenvalue weighted by atomic mass is 10.0. The third-order valence-electron chi connectivity index (χ3n) is 16.1. The Labute approximate surface area is 618 Å². The summed E-state index contributed by atoms with van der Waals surface area (Å²) in [5, 5.41) is 10.6. The molecule has 0 fully saturated rings. The Bertz CT molecular complexity index is 2460. The highest BCUT2D eigenvalue weighted by atomic mass is 31.2. The van der Waals surface area contributed by atoms with E-state index in [0.717, 1.165) is 135 Å². The van der Waals surface area contributed by atoms with E-state index in [0.29, 0.717) is 32.1 Å². The number of allylic oxidation sites excluding steroid dienone is 22. The van der Waals surface area contributed by atoms with E-state index in [1.807, 2.05) is 18.2 Å². The zero-order valence-electron chi connectivity index (χ0n) is 63.7. The molecule has 0 heterocycles. The van der Waals surface area contributed by atoms with Gasteiger partial charge in [0.05, 0.1) is 26.4 Å². The first-order valence-corrected chi connectivity index (χ1v) is 42.4. The minimum Gasteiger partial charge on any atom is -0.462 e. The summed E-state index contributed by atoms with van der Waals surface area (Å²) in [4.78, 5) is 72.9. The highest BCUT2D eigenvalue weighted by Crippen LogP contribution is 2.45. The minimum atomic E-state index is -5.00. The molecule has 0 aromatic carbocycles. The monoisotopic (exact) mass is 1470 g/mol. The summed E-state index contributed by atoms with van der Waals surface area (Å²) in [6.45, 7) is 4.51. The Balaban J connectivity index is 5.44. The molecule has 0 aliphatic heterocycles. The van der Waals surface area contributed by atoms with Gasteiger partial charge in [0.2, 0.25) is 0 Å². The molecule has 0 saturated heterocycles. The molecule has 17 nitrogen and oxygen atoms in total. The molecule has 5 atom stereocenters. The number of phosphoric acid groups is 2. The predicted octanol–water partition coefficient (Wildman–Crippen LogP) is 22.9. The number of carbonyl (C=O) groups is 4. The van der Waals surface area contributed by atoms with Gasteiger partial charge in [-0.25, -0.2) is 9.13 Å². The molecule has 0 aromatic heterocycles. The number of aliphatic hydroxyl groups is 1. The van der Waals surface area contributed by atoms with Crippen molar-refractivity contribution in [1.29, 1.82) is 0 Å². The second-order valence-corrected chi connectivity index (χ2v) is 28.8. The van der Waals surface area contributed by atoms with E-state index in [1.165, 1.54) is 89.9 Å². The topological polar surface area (TPSA) is 237 Å². The molecule has 0 saturated carbocycles. The first-order chi connectivity index (χ1) is 49.7. The summed E-state index contributed by atoms with van der Waals surface area (Å²) < 4.78 is 68.4. The molecule has 0 radical (unpaired) electrons. The Morgan fingerprint density at radius 3 is 0.873 bits per heavy atom. The summed E-state index contributed by atoms with van der Waals surface area (Å²) in [7, 11) is -9.99. The van der Waals surface area contributed by atoms with Crippen LogP contribution >= 0.6 is 15.6 Å². The molecule has 0 bridgehead atoms. The maximum Gasteiger partial charge on any atom is 0.472 e. The van der Waals surface area contributed by atoms with E-state index in [2.05, 4.69) is 143 Å². The average Bonchev–Trinajstić information content (AvgIpc) is 0.908. The zero-order chi connectivity index (χ0) is 74.6. The fourth-order valence-corrected chi connectivity index (χ4v) is 11.8. The molecule has 102 heavy (non-hydrogen) atoms. The molecule has 0 aliphatic carbocycles. The number of phosphoric ester groups is 2. The van der Waals surface area contributed by atoms with Crippen LogP contribution in [-0.4, -0.2) is 96.7 Å². The SMILES string of the molecule is CC/C=C\C/C=C\C/C=C\C/C=C\C/C=C\C/C=C\CCC(=O)OCC(COP(=O)(O)OCC(O)COP(=O)(O)OCC(COC(=O)CCCC/C=C\C/C=C\C/C=C\C/C=C\CC)OC(=O)CCCCCCC/C=C\CCCCCCCC)OC(=O)CCCCCCCCCCCCCCC. The van der Waals surface area contributed by atoms with Crippen LogP contribution in [0.15, 0.2) is 134 Å². The number of aliphatic hydroxyl groups excluding tert-OH is 1. The highest BCUT2D eigenvalue weighted by Gasteiger charge is 2.30. The maximum absolute atomic E-state index is 13.1. The van der Waals surface area contributed by atoms with Crippen molar-refractivity contribution in [2.45, 2.75) is 329 Å². The lowest BCUT2D eigenvalue weighted by molar-refractivity contribution is -0.161. The van der Waals surface area contributed by atoms with Gasteiger partial charge in [0.15, 0.2) is 12.2 Å². The maximum atomic E-state index is 13.1. The second kappa shape index (κ2) is 74.5. The normalized spacial score (nSPS) is 14.6. The number of esters is 4. The van der Waals surface area contributed by atoms with Crippen LogP contribution < -0.4 is 0 Å². The number of hydrogen-bond donors (Lipinski definition) is 3. The lowest BCUT2D eigenvalue weighted by Gasteiger charge is -2.21. The fraction of sp³-hybridized carbons (Fsp3) is 0.687. The van der Waals surface area contributed by atoms with E-state index in [4.69, 9.17) is 37.0 Å². The van der Waals surface area contributed by atoms with Crippen LogP contribution in [-0.2, 0) is 65.4 Å². The number of rotatable bonds is 73. The molecule has 19 heteroatoms. The van der Waals surface area contributed by atoms with E-state index in [9.17, 15) is 43.2 Å². The van der Waals surface area contributed by atoms with Crippen LogP contribution in [0.25, 0.3) is 0 Å². The van der Waals surface area contributed by atoms with Gasteiger partial charge in [-0.05, 0) is 128 Å². The van der Waals surface area contributed by atoms with Crippen molar-refractivity contribution in [3.8, 4) is 0 Å². The Hall–Kier alpha value is -4.80. The molecular weight excluding hydrogens is 1330 g/mol. The molecule has 0 spiro atoms. The summed E-state index contributed by atoms with van der Waals surface area (Å²) in [6.07, 6.45) is 83.1. The third kappa shape index (κ3) is 73.5. The van der Waals surface area contributed by atoms with Gasteiger partial charge >= 0.3 is 39.5 Å². The van der Waals surface area contributed by atoms with Crippen molar-refractivity contribution >= 4 is 39.5 Å². The van der Waals surface area contributed by atoms with Crippen molar-refractivity contribution in [1.82, 2.24) is 0 Å². The molecule has 584 valence electrons. The van der Waals surface area contributed by atoms with Gasteiger partial charge in [-0.3, -0.25) is 37.3 Å². The molecular formula is C83H140O17P2. The van der Waals surface area contributed by atoms with E-state index < -0.39 is 97.5 Å². The zero-order valence-corrected chi connectivity index (χ0v) is 65.5. The van der Waals surface area contributed by atoms with Crippen molar-refractivity contribution in [2.75, 3.05) is 39.6 Å². The number of carbonyl (C=O) groups excluding carboxylic acids is 4. The first kappa shape index (κ1) is 97.2. The van der Waals surface area contributed by atoms with Gasteiger partial charge in [-0.15, -0.1) is 0 Å². The Morgan fingerprint density at radius 2 is 0.529 bits per heavy atom. The van der Waals surface area contributed by atoms with Gasteiger partial charge in [0.25, 0.3) is 0 Å². The first-order valence-electron chi connectivity index (χ1n) is 39.4.